The van der Waals surface area contributed by atoms with Gasteiger partial charge in [-0.05, 0) is 55.8 Å². The third kappa shape index (κ3) is 3.09. The summed E-state index contributed by atoms with van der Waals surface area (Å²) < 4.78 is 6.04. The molecule has 0 radical (unpaired) electrons. The molecule has 0 aliphatic rings. The van der Waals surface area contributed by atoms with Gasteiger partial charge in [0.15, 0.2) is 0 Å². The second kappa shape index (κ2) is 6.15. The van der Waals surface area contributed by atoms with Gasteiger partial charge in [0.1, 0.15) is 5.01 Å². The minimum Gasteiger partial charge on any atom is -0.450 e. The predicted molar refractivity (Wildman–Crippen MR) is 90.4 cm³/mol. The first-order valence-corrected chi connectivity index (χ1v) is 7.89. The van der Waals surface area contributed by atoms with E-state index in [1.54, 1.807) is 18.3 Å². The van der Waals surface area contributed by atoms with E-state index in [1.165, 1.54) is 10.3 Å². The van der Waals surface area contributed by atoms with Gasteiger partial charge in [0.2, 0.25) is 0 Å². The molecule has 1 heterocycles. The second-order valence-electron chi connectivity index (χ2n) is 4.91. The number of fused-ring (bicyclic) bond motifs is 1. The number of nitrogens with one attached hydrogen (secondary N) is 1. The van der Waals surface area contributed by atoms with Crippen LogP contribution in [-0.2, 0) is 4.74 Å². The first-order chi connectivity index (χ1) is 10.7. The van der Waals surface area contributed by atoms with E-state index in [-0.39, 0.29) is 0 Å². The molecule has 0 fully saturated rings. The number of nitrogens with zero attached hydrogens (tertiary/aromatic N) is 1. The predicted octanol–water partition coefficient (Wildman–Crippen LogP) is 4.84. The molecule has 4 nitrogen and oxygen atoms in total. The van der Waals surface area contributed by atoms with Crippen LogP contribution in [-0.4, -0.2) is 17.7 Å². The van der Waals surface area contributed by atoms with E-state index >= 15 is 0 Å². The number of thiazole rings is 1. The molecule has 1 amide bonds. The molecule has 0 saturated carbocycles. The van der Waals surface area contributed by atoms with Gasteiger partial charge in [-0.3, -0.25) is 5.32 Å². The van der Waals surface area contributed by atoms with E-state index in [4.69, 9.17) is 4.74 Å². The fourth-order valence-corrected chi connectivity index (χ4v) is 3.21. The van der Waals surface area contributed by atoms with E-state index in [2.05, 4.69) is 29.4 Å². The van der Waals surface area contributed by atoms with Crippen molar-refractivity contribution in [3.8, 4) is 10.6 Å². The molecule has 3 rings (SSSR count). The Morgan fingerprint density at radius 2 is 2.00 bits per heavy atom. The summed E-state index contributed by atoms with van der Waals surface area (Å²) in [4.78, 5) is 16.0. The molecular weight excluding hydrogens is 296 g/mol. The zero-order valence-corrected chi connectivity index (χ0v) is 13.2. The molecule has 2 aromatic carbocycles. The van der Waals surface area contributed by atoms with E-state index in [9.17, 15) is 4.79 Å². The Hall–Kier alpha value is -2.40. The van der Waals surface area contributed by atoms with Crippen LogP contribution in [0.4, 0.5) is 10.5 Å². The quantitative estimate of drug-likeness (QED) is 0.753. The van der Waals surface area contributed by atoms with Crippen LogP contribution in [0.15, 0.2) is 42.5 Å². The maximum Gasteiger partial charge on any atom is 0.411 e. The number of carbonyl (C=O) groups excluding carboxylic acids is 1. The van der Waals surface area contributed by atoms with Gasteiger partial charge in [0, 0.05) is 11.3 Å². The second-order valence-corrected chi connectivity index (χ2v) is 5.94. The van der Waals surface area contributed by atoms with Crippen LogP contribution in [0.1, 0.15) is 12.5 Å². The molecule has 0 unspecified atom stereocenters. The summed E-state index contributed by atoms with van der Waals surface area (Å²) >= 11 is 1.67. The van der Waals surface area contributed by atoms with Crippen LogP contribution < -0.4 is 5.32 Å². The highest BCUT2D eigenvalue weighted by Gasteiger charge is 2.07. The van der Waals surface area contributed by atoms with E-state index in [0.717, 1.165) is 16.1 Å². The van der Waals surface area contributed by atoms with Crippen LogP contribution in [0.5, 0.6) is 0 Å². The first-order valence-electron chi connectivity index (χ1n) is 7.07. The van der Waals surface area contributed by atoms with Crippen LogP contribution >= 0.6 is 11.3 Å². The lowest BCUT2D eigenvalue weighted by Crippen LogP contribution is -2.12. The Balaban J connectivity index is 1.83. The molecule has 0 saturated heterocycles. The summed E-state index contributed by atoms with van der Waals surface area (Å²) in [6.45, 7) is 4.21. The molecule has 1 N–H and O–H groups in total. The van der Waals surface area contributed by atoms with E-state index < -0.39 is 6.09 Å². The lowest BCUT2D eigenvalue weighted by molar-refractivity contribution is 0.168. The molecule has 0 aliphatic carbocycles. The van der Waals surface area contributed by atoms with Gasteiger partial charge in [0.05, 0.1) is 16.8 Å². The summed E-state index contributed by atoms with van der Waals surface area (Å²) in [5, 5.41) is 3.65. The largest absolute Gasteiger partial charge is 0.450 e. The number of hydrogen-bond donors (Lipinski definition) is 1. The summed E-state index contributed by atoms with van der Waals surface area (Å²) in [6, 6.07) is 13.9. The Bertz CT molecular complexity index is 809. The van der Waals surface area contributed by atoms with Crippen molar-refractivity contribution in [2.45, 2.75) is 13.8 Å². The molecule has 5 heteroatoms. The fourth-order valence-electron chi connectivity index (χ4n) is 2.14. The minimum atomic E-state index is -0.439. The summed E-state index contributed by atoms with van der Waals surface area (Å²) in [6.07, 6.45) is -0.439. The van der Waals surface area contributed by atoms with Crippen molar-refractivity contribution >= 4 is 33.3 Å². The summed E-state index contributed by atoms with van der Waals surface area (Å²) in [5.41, 5.74) is 3.99. The highest BCUT2D eigenvalue weighted by Crippen LogP contribution is 2.31. The number of rotatable bonds is 3. The summed E-state index contributed by atoms with van der Waals surface area (Å²) in [5.74, 6) is 0. The number of aryl methyl sites for hydroxylation is 1. The highest BCUT2D eigenvalue weighted by atomic mass is 32.1. The maximum atomic E-state index is 11.4. The minimum absolute atomic E-state index is 0.356. The SMILES string of the molecule is CCOC(=O)Nc1ccc(-c2nc3ccc(C)cc3s2)cc1. The highest BCUT2D eigenvalue weighted by molar-refractivity contribution is 7.21. The number of benzene rings is 2. The van der Waals surface area contributed by atoms with Gasteiger partial charge in [-0.2, -0.15) is 0 Å². The molecule has 22 heavy (non-hydrogen) atoms. The number of hydrogen-bond acceptors (Lipinski definition) is 4. The van der Waals surface area contributed by atoms with Crippen molar-refractivity contribution < 1.29 is 9.53 Å². The summed E-state index contributed by atoms with van der Waals surface area (Å²) in [7, 11) is 0. The number of amides is 1. The average molecular weight is 312 g/mol. The van der Waals surface area contributed by atoms with Crippen LogP contribution in [0.25, 0.3) is 20.8 Å². The number of ether oxygens (including phenoxy) is 1. The van der Waals surface area contributed by atoms with Crippen molar-refractivity contribution in [3.63, 3.8) is 0 Å². The maximum absolute atomic E-state index is 11.4. The van der Waals surface area contributed by atoms with Crippen LogP contribution in [0.2, 0.25) is 0 Å². The standard InChI is InChI=1S/C17H16N2O2S/c1-3-21-17(20)18-13-7-5-12(6-8-13)16-19-14-9-4-11(2)10-15(14)22-16/h4-10H,3H2,1-2H3,(H,18,20). The number of aromatic nitrogens is 1. The van der Waals surface area contributed by atoms with Gasteiger partial charge in [-0.15, -0.1) is 11.3 Å². The molecule has 1 aromatic heterocycles. The number of carbonyl (C=O) groups is 1. The first kappa shape index (κ1) is 14.5. The zero-order chi connectivity index (χ0) is 15.5. The molecule has 0 aliphatic heterocycles. The van der Waals surface area contributed by atoms with Crippen LogP contribution in [0, 0.1) is 6.92 Å². The van der Waals surface area contributed by atoms with Crippen LogP contribution in [0.3, 0.4) is 0 Å². The van der Waals surface area contributed by atoms with Gasteiger partial charge in [-0.25, -0.2) is 9.78 Å². The Kier molecular flexibility index (Phi) is 4.06. The third-order valence-electron chi connectivity index (χ3n) is 3.20. The van der Waals surface area contributed by atoms with Gasteiger partial charge in [-0.1, -0.05) is 6.07 Å². The fraction of sp³-hybridized carbons (Fsp3) is 0.176. The van der Waals surface area contributed by atoms with Gasteiger partial charge < -0.3 is 4.74 Å². The van der Waals surface area contributed by atoms with Crippen molar-refractivity contribution in [3.05, 3.63) is 48.0 Å². The molecular formula is C17H16N2O2S. The molecule has 0 spiro atoms. The van der Waals surface area contributed by atoms with Crippen molar-refractivity contribution in [1.29, 1.82) is 0 Å². The normalized spacial score (nSPS) is 10.6. The van der Waals surface area contributed by atoms with Gasteiger partial charge in [0.25, 0.3) is 0 Å². The molecule has 3 aromatic rings. The van der Waals surface area contributed by atoms with Crippen molar-refractivity contribution in [1.82, 2.24) is 4.98 Å². The van der Waals surface area contributed by atoms with Crippen molar-refractivity contribution in [2.75, 3.05) is 11.9 Å². The lowest BCUT2D eigenvalue weighted by atomic mass is 10.2. The Morgan fingerprint density at radius 3 is 2.73 bits per heavy atom. The average Bonchev–Trinajstić information content (AvgIpc) is 2.91. The van der Waals surface area contributed by atoms with E-state index in [1.807, 2.05) is 30.3 Å². The Labute approximate surface area is 132 Å². The lowest BCUT2D eigenvalue weighted by Gasteiger charge is -2.05. The molecule has 0 bridgehead atoms. The third-order valence-corrected chi connectivity index (χ3v) is 4.26. The van der Waals surface area contributed by atoms with E-state index in [0.29, 0.717) is 12.3 Å². The molecule has 0 atom stereocenters. The van der Waals surface area contributed by atoms with Gasteiger partial charge >= 0.3 is 6.09 Å². The number of anilines is 1. The topological polar surface area (TPSA) is 51.2 Å². The smallest absolute Gasteiger partial charge is 0.411 e. The Morgan fingerprint density at radius 1 is 1.23 bits per heavy atom. The zero-order valence-electron chi connectivity index (χ0n) is 12.4. The monoisotopic (exact) mass is 312 g/mol. The molecule has 112 valence electrons. The van der Waals surface area contributed by atoms with Crippen molar-refractivity contribution in [2.24, 2.45) is 0 Å².